The van der Waals surface area contributed by atoms with Crippen molar-refractivity contribution in [3.8, 4) is 5.82 Å². The molecular formula is C10H9N7. The number of anilines is 1. The molecule has 0 radical (unpaired) electrons. The van der Waals surface area contributed by atoms with Gasteiger partial charge >= 0.3 is 0 Å². The number of aromatic nitrogens is 5. The van der Waals surface area contributed by atoms with Gasteiger partial charge in [-0.1, -0.05) is 17.3 Å². The summed E-state index contributed by atoms with van der Waals surface area (Å²) in [5.74, 6) is 6.33. The molecule has 1 aromatic carbocycles. The van der Waals surface area contributed by atoms with Crippen LogP contribution in [0.2, 0.25) is 0 Å². The Labute approximate surface area is 96.3 Å². The summed E-state index contributed by atoms with van der Waals surface area (Å²) in [7, 11) is 0. The molecule has 0 fully saturated rings. The molecule has 7 heteroatoms. The van der Waals surface area contributed by atoms with Crippen LogP contribution in [0.1, 0.15) is 0 Å². The van der Waals surface area contributed by atoms with E-state index in [1.165, 1.54) is 6.20 Å². The van der Waals surface area contributed by atoms with Crippen molar-refractivity contribution in [1.29, 1.82) is 0 Å². The van der Waals surface area contributed by atoms with Gasteiger partial charge in [-0.15, -0.1) is 5.10 Å². The van der Waals surface area contributed by atoms with Crippen LogP contribution in [-0.4, -0.2) is 25.0 Å². The van der Waals surface area contributed by atoms with Gasteiger partial charge in [0.15, 0.2) is 11.6 Å². The van der Waals surface area contributed by atoms with Crippen LogP contribution in [0.4, 0.5) is 5.82 Å². The summed E-state index contributed by atoms with van der Waals surface area (Å²) in [5.41, 5.74) is 4.12. The van der Waals surface area contributed by atoms with Gasteiger partial charge in [0, 0.05) is 0 Å². The van der Waals surface area contributed by atoms with E-state index in [1.54, 1.807) is 10.9 Å². The summed E-state index contributed by atoms with van der Waals surface area (Å²) >= 11 is 0. The largest absolute Gasteiger partial charge is 0.307 e. The zero-order valence-corrected chi connectivity index (χ0v) is 8.78. The fourth-order valence-electron chi connectivity index (χ4n) is 1.57. The average Bonchev–Trinajstić information content (AvgIpc) is 2.82. The van der Waals surface area contributed by atoms with E-state index in [0.29, 0.717) is 11.6 Å². The number of hydrogen-bond donors (Lipinski definition) is 2. The Morgan fingerprint density at radius 1 is 1.18 bits per heavy atom. The molecule has 3 N–H and O–H groups in total. The van der Waals surface area contributed by atoms with Crippen LogP contribution in [0.25, 0.3) is 16.9 Å². The maximum Gasteiger partial charge on any atom is 0.176 e. The second kappa shape index (κ2) is 3.80. The Kier molecular flexibility index (Phi) is 2.16. The molecule has 0 aliphatic carbocycles. The predicted molar refractivity (Wildman–Crippen MR) is 62.3 cm³/mol. The molecule has 3 rings (SSSR count). The number of para-hydroxylation sites is 1. The lowest BCUT2D eigenvalue weighted by molar-refractivity contribution is 0.796. The van der Waals surface area contributed by atoms with Crippen molar-refractivity contribution in [2.75, 3.05) is 5.43 Å². The van der Waals surface area contributed by atoms with Crippen molar-refractivity contribution in [1.82, 2.24) is 25.0 Å². The molecule has 0 saturated carbocycles. The molecule has 2 heterocycles. The number of hydrazine groups is 1. The maximum absolute atomic E-state index is 5.29. The molecule has 0 amide bonds. The third-order valence-corrected chi connectivity index (χ3v) is 2.34. The highest BCUT2D eigenvalue weighted by Gasteiger charge is 2.07. The highest BCUT2D eigenvalue weighted by Crippen LogP contribution is 2.14. The third-order valence-electron chi connectivity index (χ3n) is 2.34. The highest BCUT2D eigenvalue weighted by atomic mass is 15.4. The normalized spacial score (nSPS) is 10.6. The molecule has 0 aliphatic heterocycles. The number of nitrogen functional groups attached to an aromatic ring is 1. The zero-order valence-electron chi connectivity index (χ0n) is 8.78. The van der Waals surface area contributed by atoms with Crippen molar-refractivity contribution >= 4 is 16.9 Å². The number of hydrogen-bond acceptors (Lipinski definition) is 6. The summed E-state index contributed by atoms with van der Waals surface area (Å²) in [4.78, 5) is 8.27. The minimum atomic E-state index is 0.474. The van der Waals surface area contributed by atoms with Gasteiger partial charge in [-0.3, -0.25) is 4.98 Å². The van der Waals surface area contributed by atoms with Gasteiger partial charge < -0.3 is 5.43 Å². The van der Waals surface area contributed by atoms with E-state index in [1.807, 2.05) is 24.3 Å². The van der Waals surface area contributed by atoms with Crippen molar-refractivity contribution in [2.24, 2.45) is 5.84 Å². The number of fused-ring (bicyclic) bond motifs is 1. The monoisotopic (exact) mass is 227 g/mol. The number of nitrogens with zero attached hydrogens (tertiary/aromatic N) is 5. The summed E-state index contributed by atoms with van der Waals surface area (Å²) in [6, 6.07) is 7.63. The van der Waals surface area contributed by atoms with Crippen LogP contribution in [0.3, 0.4) is 0 Å². The van der Waals surface area contributed by atoms with E-state index in [2.05, 4.69) is 25.7 Å². The minimum absolute atomic E-state index is 0.474. The molecule has 7 nitrogen and oxygen atoms in total. The van der Waals surface area contributed by atoms with E-state index in [4.69, 9.17) is 5.84 Å². The summed E-state index contributed by atoms with van der Waals surface area (Å²) in [6.45, 7) is 0. The fourth-order valence-corrected chi connectivity index (χ4v) is 1.57. The van der Waals surface area contributed by atoms with E-state index >= 15 is 0 Å². The highest BCUT2D eigenvalue weighted by molar-refractivity contribution is 5.75. The van der Waals surface area contributed by atoms with Gasteiger partial charge in [0.25, 0.3) is 0 Å². The molecule has 0 atom stereocenters. The first-order chi connectivity index (χ1) is 8.38. The molecule has 0 unspecified atom stereocenters. The van der Waals surface area contributed by atoms with Gasteiger partial charge in [0.05, 0.1) is 17.9 Å². The Bertz CT molecular complexity index is 660. The topological polar surface area (TPSA) is 94.5 Å². The Morgan fingerprint density at radius 3 is 2.94 bits per heavy atom. The lowest BCUT2D eigenvalue weighted by Crippen LogP contribution is -2.11. The summed E-state index contributed by atoms with van der Waals surface area (Å²) in [6.07, 6.45) is 3.13. The van der Waals surface area contributed by atoms with Crippen LogP contribution in [0.5, 0.6) is 0 Å². The minimum Gasteiger partial charge on any atom is -0.307 e. The van der Waals surface area contributed by atoms with Crippen LogP contribution in [0.15, 0.2) is 36.7 Å². The standard InChI is InChI=1S/C10H9N7/c11-14-9-5-12-6-10(13-9)17-8-4-2-1-3-7(8)15-16-17/h1-6H,11H2,(H,13,14). The smallest absolute Gasteiger partial charge is 0.176 e. The van der Waals surface area contributed by atoms with Crippen molar-refractivity contribution < 1.29 is 0 Å². The molecule has 0 bridgehead atoms. The van der Waals surface area contributed by atoms with E-state index in [0.717, 1.165) is 11.0 Å². The first-order valence-electron chi connectivity index (χ1n) is 4.98. The summed E-state index contributed by atoms with van der Waals surface area (Å²) < 4.78 is 1.61. The average molecular weight is 227 g/mol. The van der Waals surface area contributed by atoms with Crippen LogP contribution >= 0.6 is 0 Å². The van der Waals surface area contributed by atoms with Crippen LogP contribution in [0, 0.1) is 0 Å². The number of nitrogens with two attached hydrogens (primary N) is 1. The molecule has 84 valence electrons. The number of rotatable bonds is 2. The van der Waals surface area contributed by atoms with Gasteiger partial charge in [0.2, 0.25) is 0 Å². The Morgan fingerprint density at radius 2 is 2.06 bits per heavy atom. The Balaban J connectivity index is 2.20. The van der Waals surface area contributed by atoms with E-state index in [9.17, 15) is 0 Å². The molecule has 3 aromatic rings. The molecule has 17 heavy (non-hydrogen) atoms. The molecule has 0 aliphatic rings. The first-order valence-corrected chi connectivity index (χ1v) is 4.98. The second-order valence-corrected chi connectivity index (χ2v) is 3.40. The molecule has 2 aromatic heterocycles. The third kappa shape index (κ3) is 1.58. The van der Waals surface area contributed by atoms with Gasteiger partial charge in [0.1, 0.15) is 5.52 Å². The van der Waals surface area contributed by atoms with Crippen LogP contribution in [-0.2, 0) is 0 Å². The predicted octanol–water partition coefficient (Wildman–Crippen LogP) is 0.496. The fraction of sp³-hybridized carbons (Fsp3) is 0. The number of nitrogens with one attached hydrogen (secondary N) is 1. The lowest BCUT2D eigenvalue weighted by Gasteiger charge is -2.02. The Hall–Kier alpha value is -2.54. The molecular weight excluding hydrogens is 218 g/mol. The second-order valence-electron chi connectivity index (χ2n) is 3.40. The zero-order chi connectivity index (χ0) is 11.7. The van der Waals surface area contributed by atoms with Crippen molar-refractivity contribution in [3.63, 3.8) is 0 Å². The van der Waals surface area contributed by atoms with Crippen LogP contribution < -0.4 is 11.3 Å². The number of benzene rings is 1. The van der Waals surface area contributed by atoms with E-state index in [-0.39, 0.29) is 0 Å². The van der Waals surface area contributed by atoms with Gasteiger partial charge in [-0.2, -0.15) is 4.68 Å². The van der Waals surface area contributed by atoms with Gasteiger partial charge in [-0.25, -0.2) is 10.8 Å². The SMILES string of the molecule is NNc1cncc(-n2nnc3ccccc32)n1. The summed E-state index contributed by atoms with van der Waals surface area (Å²) in [5, 5.41) is 8.08. The quantitative estimate of drug-likeness (QED) is 0.489. The van der Waals surface area contributed by atoms with Crippen molar-refractivity contribution in [3.05, 3.63) is 36.7 Å². The van der Waals surface area contributed by atoms with Gasteiger partial charge in [-0.05, 0) is 12.1 Å². The maximum atomic E-state index is 5.29. The first kappa shape index (κ1) is 9.67. The molecule has 0 saturated heterocycles. The van der Waals surface area contributed by atoms with E-state index < -0.39 is 0 Å². The lowest BCUT2D eigenvalue weighted by atomic mass is 10.3. The van der Waals surface area contributed by atoms with Crippen molar-refractivity contribution in [2.45, 2.75) is 0 Å². The molecule has 0 spiro atoms.